The zero-order valence-electron chi connectivity index (χ0n) is 12.3. The lowest BCUT2D eigenvalue weighted by Crippen LogP contribution is -2.49. The predicted octanol–water partition coefficient (Wildman–Crippen LogP) is 0.882. The van der Waals surface area contributed by atoms with Crippen LogP contribution in [-0.2, 0) is 10.0 Å². The highest BCUT2D eigenvalue weighted by molar-refractivity contribution is 7.88. The fourth-order valence-corrected chi connectivity index (χ4v) is 3.42. The molecule has 1 saturated heterocycles. The largest absolute Gasteiger partial charge is 0.387 e. The van der Waals surface area contributed by atoms with Crippen LogP contribution in [0.1, 0.15) is 23.2 Å². The minimum atomic E-state index is -3.25. The van der Waals surface area contributed by atoms with Crippen LogP contribution in [0.5, 0.6) is 0 Å². The van der Waals surface area contributed by atoms with Crippen molar-refractivity contribution in [2.45, 2.75) is 18.9 Å². The number of carbonyl (C=O) groups excluding carboxylic acids is 1. The Morgan fingerprint density at radius 2 is 2.05 bits per heavy atom. The van der Waals surface area contributed by atoms with Gasteiger partial charge < -0.3 is 10.2 Å². The van der Waals surface area contributed by atoms with Crippen molar-refractivity contribution in [3.05, 3.63) is 29.8 Å². The Bertz CT molecular complexity index is 616. The molecular weight excluding hydrogens is 290 g/mol. The van der Waals surface area contributed by atoms with Crippen LogP contribution in [0.4, 0.5) is 5.69 Å². The lowest BCUT2D eigenvalue weighted by atomic mass is 10.0. The molecule has 1 amide bonds. The number of hydrogen-bond donors (Lipinski definition) is 2. The van der Waals surface area contributed by atoms with Crippen molar-refractivity contribution in [3.63, 3.8) is 0 Å². The highest BCUT2D eigenvalue weighted by Crippen LogP contribution is 2.19. The van der Waals surface area contributed by atoms with Crippen molar-refractivity contribution in [2.24, 2.45) is 0 Å². The van der Waals surface area contributed by atoms with E-state index in [2.05, 4.69) is 10.0 Å². The third kappa shape index (κ3) is 4.18. The molecule has 0 saturated carbocycles. The number of amides is 1. The number of rotatable bonds is 4. The number of piperidine rings is 1. The van der Waals surface area contributed by atoms with Crippen LogP contribution in [0.15, 0.2) is 24.3 Å². The Labute approximate surface area is 125 Å². The number of carbonyl (C=O) groups is 1. The van der Waals surface area contributed by atoms with Crippen molar-refractivity contribution in [1.82, 2.24) is 9.62 Å². The van der Waals surface area contributed by atoms with Crippen molar-refractivity contribution < 1.29 is 13.2 Å². The number of benzene rings is 1. The van der Waals surface area contributed by atoms with Crippen LogP contribution < -0.4 is 10.0 Å². The van der Waals surface area contributed by atoms with Gasteiger partial charge in [0.2, 0.25) is 10.0 Å². The molecule has 0 radical (unpaired) electrons. The first-order valence-corrected chi connectivity index (χ1v) is 8.83. The predicted molar refractivity (Wildman–Crippen MR) is 82.9 cm³/mol. The number of hydrogen-bond acceptors (Lipinski definition) is 4. The number of likely N-dealkylation sites (tertiary alicyclic amines) is 1. The van der Waals surface area contributed by atoms with Crippen molar-refractivity contribution in [2.75, 3.05) is 31.7 Å². The number of nitrogens with zero attached hydrogens (tertiary/aromatic N) is 1. The van der Waals surface area contributed by atoms with E-state index >= 15 is 0 Å². The van der Waals surface area contributed by atoms with E-state index in [1.165, 1.54) is 0 Å². The zero-order valence-corrected chi connectivity index (χ0v) is 13.1. The van der Waals surface area contributed by atoms with E-state index in [0.29, 0.717) is 18.7 Å². The van der Waals surface area contributed by atoms with Crippen LogP contribution in [0.2, 0.25) is 0 Å². The third-order valence-electron chi connectivity index (χ3n) is 3.52. The van der Waals surface area contributed by atoms with Crippen LogP contribution >= 0.6 is 0 Å². The molecule has 21 heavy (non-hydrogen) atoms. The fourth-order valence-electron chi connectivity index (χ4n) is 2.62. The second-order valence-electron chi connectivity index (χ2n) is 5.28. The standard InChI is InChI=1S/C14H21N3O3S/c1-15-13-8-4-3-7-12(13)14(18)17-9-5-6-11(10-17)16-21(2,19)20/h3-4,7-8,11,15-16H,5-6,9-10H2,1-2H3. The second-order valence-corrected chi connectivity index (χ2v) is 7.06. The van der Waals surface area contributed by atoms with Crippen LogP contribution in [-0.4, -0.2) is 51.7 Å². The SMILES string of the molecule is CNc1ccccc1C(=O)N1CCCC(NS(C)(=O)=O)C1. The van der Waals surface area contributed by atoms with Crippen molar-refractivity contribution in [3.8, 4) is 0 Å². The molecule has 1 aliphatic rings. The number of nitrogens with one attached hydrogen (secondary N) is 2. The van der Waals surface area contributed by atoms with Gasteiger partial charge >= 0.3 is 0 Å². The normalized spacial score (nSPS) is 19.3. The molecule has 0 aliphatic carbocycles. The molecule has 116 valence electrons. The summed E-state index contributed by atoms with van der Waals surface area (Å²) in [6.45, 7) is 1.06. The van der Waals surface area contributed by atoms with Gasteiger partial charge in [-0.1, -0.05) is 12.1 Å². The molecular formula is C14H21N3O3S. The van der Waals surface area contributed by atoms with Gasteiger partial charge in [0.05, 0.1) is 11.8 Å². The highest BCUT2D eigenvalue weighted by atomic mass is 32.2. The smallest absolute Gasteiger partial charge is 0.256 e. The summed E-state index contributed by atoms with van der Waals surface area (Å²) in [6, 6.07) is 7.11. The second kappa shape index (κ2) is 6.44. The Hall–Kier alpha value is -1.60. The minimum absolute atomic E-state index is 0.0695. The molecule has 6 nitrogen and oxygen atoms in total. The van der Waals surface area contributed by atoms with E-state index in [4.69, 9.17) is 0 Å². The Morgan fingerprint density at radius 1 is 1.33 bits per heavy atom. The lowest BCUT2D eigenvalue weighted by molar-refractivity contribution is 0.0704. The van der Waals surface area contributed by atoms with Crippen molar-refractivity contribution >= 4 is 21.6 Å². The van der Waals surface area contributed by atoms with Crippen LogP contribution in [0.3, 0.4) is 0 Å². The third-order valence-corrected chi connectivity index (χ3v) is 4.28. The van der Waals surface area contributed by atoms with Gasteiger partial charge in [-0.15, -0.1) is 0 Å². The summed E-state index contributed by atoms with van der Waals surface area (Å²) in [4.78, 5) is 14.3. The molecule has 0 bridgehead atoms. The highest BCUT2D eigenvalue weighted by Gasteiger charge is 2.27. The molecule has 1 atom stereocenters. The van der Waals surface area contributed by atoms with Gasteiger partial charge in [0.1, 0.15) is 0 Å². The number of anilines is 1. The molecule has 1 aromatic carbocycles. The van der Waals surface area contributed by atoms with Crippen LogP contribution in [0.25, 0.3) is 0 Å². The van der Waals surface area contributed by atoms with E-state index in [1.54, 1.807) is 18.0 Å². The molecule has 1 aromatic rings. The molecule has 1 fully saturated rings. The minimum Gasteiger partial charge on any atom is -0.387 e. The first kappa shape index (κ1) is 15.8. The lowest BCUT2D eigenvalue weighted by Gasteiger charge is -2.33. The molecule has 1 unspecified atom stereocenters. The summed E-state index contributed by atoms with van der Waals surface area (Å²) in [5, 5.41) is 3.01. The van der Waals surface area contributed by atoms with Gasteiger partial charge in [-0.3, -0.25) is 4.79 Å². The van der Waals surface area contributed by atoms with Gasteiger partial charge in [-0.2, -0.15) is 0 Å². The summed E-state index contributed by atoms with van der Waals surface area (Å²) in [7, 11) is -1.48. The Kier molecular flexibility index (Phi) is 4.84. The maximum Gasteiger partial charge on any atom is 0.256 e. The monoisotopic (exact) mass is 311 g/mol. The zero-order chi connectivity index (χ0) is 15.5. The fraction of sp³-hybridized carbons (Fsp3) is 0.500. The topological polar surface area (TPSA) is 78.5 Å². The summed E-state index contributed by atoms with van der Waals surface area (Å²) in [6.07, 6.45) is 2.69. The molecule has 7 heteroatoms. The Balaban J connectivity index is 2.12. The molecule has 2 rings (SSSR count). The maximum atomic E-state index is 12.6. The maximum absolute atomic E-state index is 12.6. The molecule has 1 heterocycles. The van der Waals surface area contributed by atoms with Gasteiger partial charge in [0, 0.05) is 31.9 Å². The summed E-state index contributed by atoms with van der Waals surface area (Å²) in [5.74, 6) is -0.0695. The van der Waals surface area contributed by atoms with E-state index in [1.807, 2.05) is 18.2 Å². The average Bonchev–Trinajstić information content (AvgIpc) is 2.45. The van der Waals surface area contributed by atoms with Gasteiger partial charge in [-0.25, -0.2) is 13.1 Å². The van der Waals surface area contributed by atoms with Crippen LogP contribution in [0, 0.1) is 0 Å². The number of para-hydroxylation sites is 1. The first-order valence-electron chi connectivity index (χ1n) is 6.94. The summed E-state index contributed by atoms with van der Waals surface area (Å²) < 4.78 is 25.2. The summed E-state index contributed by atoms with van der Waals surface area (Å²) >= 11 is 0. The van der Waals surface area contributed by atoms with E-state index < -0.39 is 10.0 Å². The molecule has 1 aliphatic heterocycles. The Morgan fingerprint density at radius 3 is 2.71 bits per heavy atom. The molecule has 0 spiro atoms. The van der Waals surface area contributed by atoms with E-state index in [9.17, 15) is 13.2 Å². The average molecular weight is 311 g/mol. The van der Waals surface area contributed by atoms with E-state index in [-0.39, 0.29) is 11.9 Å². The van der Waals surface area contributed by atoms with Gasteiger partial charge in [-0.05, 0) is 25.0 Å². The quantitative estimate of drug-likeness (QED) is 0.865. The molecule has 0 aromatic heterocycles. The van der Waals surface area contributed by atoms with Gasteiger partial charge in [0.25, 0.3) is 5.91 Å². The number of sulfonamides is 1. The van der Waals surface area contributed by atoms with Crippen molar-refractivity contribution in [1.29, 1.82) is 0 Å². The first-order chi connectivity index (χ1) is 9.90. The molecule has 2 N–H and O–H groups in total. The van der Waals surface area contributed by atoms with E-state index in [0.717, 1.165) is 24.8 Å². The summed E-state index contributed by atoms with van der Waals surface area (Å²) in [5.41, 5.74) is 1.39. The van der Waals surface area contributed by atoms with Gasteiger partial charge in [0.15, 0.2) is 0 Å².